The Morgan fingerprint density at radius 2 is 1.68 bits per heavy atom. The van der Waals surface area contributed by atoms with E-state index in [4.69, 9.17) is 10.8 Å². The number of carbonyl (C=O) groups is 2. The second kappa shape index (κ2) is 10.4. The van der Waals surface area contributed by atoms with Crippen molar-refractivity contribution in [2.24, 2.45) is 5.73 Å². The highest BCUT2D eigenvalue weighted by Gasteiger charge is 2.11. The molecule has 1 heterocycles. The third-order valence-corrected chi connectivity index (χ3v) is 5.36. The first kappa shape index (κ1) is 22.7. The van der Waals surface area contributed by atoms with Crippen LogP contribution < -0.4 is 11.1 Å². The molecule has 0 aliphatic heterocycles. The first-order valence-corrected chi connectivity index (χ1v) is 11.0. The number of aromatic nitrogens is 2. The lowest BCUT2D eigenvalue weighted by Crippen LogP contribution is -2.16. The van der Waals surface area contributed by atoms with Crippen molar-refractivity contribution in [2.45, 2.75) is 19.9 Å². The van der Waals surface area contributed by atoms with E-state index in [0.717, 1.165) is 22.4 Å². The maximum Gasteiger partial charge on any atom is 0.248 e. The summed E-state index contributed by atoms with van der Waals surface area (Å²) in [5.74, 6) is -0.756. The van der Waals surface area contributed by atoms with Gasteiger partial charge in [0, 0.05) is 29.1 Å². The van der Waals surface area contributed by atoms with Gasteiger partial charge in [-0.1, -0.05) is 78.4 Å². The van der Waals surface area contributed by atoms with E-state index >= 15 is 0 Å². The van der Waals surface area contributed by atoms with E-state index in [1.807, 2.05) is 60.3 Å². The Morgan fingerprint density at radius 3 is 2.41 bits per heavy atom. The standard InChI is InChI=1S/C28H26N4O2/c1-20-11-13-22(14-12-20)28-24(19-32(31-28)18-21-7-3-2-4-8-21)15-16-27(34)30-25-10-6-5-9-23(25)17-26(29)33/h2-16,19H,17-18H2,1H3,(H2,29,33)(H,30,34)/b16-15+. The fourth-order valence-electron chi connectivity index (χ4n) is 3.67. The van der Waals surface area contributed by atoms with E-state index in [1.165, 1.54) is 11.6 Å². The molecule has 3 aromatic carbocycles. The summed E-state index contributed by atoms with van der Waals surface area (Å²) in [6.45, 7) is 2.67. The maximum absolute atomic E-state index is 12.7. The van der Waals surface area contributed by atoms with Gasteiger partial charge in [-0.15, -0.1) is 0 Å². The highest BCUT2D eigenvalue weighted by Crippen LogP contribution is 2.24. The summed E-state index contributed by atoms with van der Waals surface area (Å²) in [6, 6.07) is 25.4. The van der Waals surface area contributed by atoms with Crippen LogP contribution in [0.15, 0.2) is 91.1 Å². The fraction of sp³-hybridized carbons (Fsp3) is 0.107. The van der Waals surface area contributed by atoms with Crippen LogP contribution in [0.3, 0.4) is 0 Å². The zero-order valence-electron chi connectivity index (χ0n) is 18.9. The van der Waals surface area contributed by atoms with Gasteiger partial charge in [-0.2, -0.15) is 5.10 Å². The second-order valence-electron chi connectivity index (χ2n) is 8.11. The minimum atomic E-state index is -0.453. The van der Waals surface area contributed by atoms with Crippen molar-refractivity contribution in [2.75, 3.05) is 5.32 Å². The molecule has 0 unspecified atom stereocenters. The van der Waals surface area contributed by atoms with Gasteiger partial charge in [0.1, 0.15) is 0 Å². The van der Waals surface area contributed by atoms with Crippen LogP contribution in [0.5, 0.6) is 0 Å². The number of carbonyl (C=O) groups excluding carboxylic acids is 2. The van der Waals surface area contributed by atoms with Crippen molar-refractivity contribution in [3.05, 3.63) is 113 Å². The number of aryl methyl sites for hydroxylation is 1. The van der Waals surface area contributed by atoms with E-state index in [9.17, 15) is 9.59 Å². The van der Waals surface area contributed by atoms with Gasteiger partial charge in [-0.05, 0) is 30.2 Å². The molecule has 6 heteroatoms. The van der Waals surface area contributed by atoms with Gasteiger partial charge in [0.05, 0.1) is 18.7 Å². The van der Waals surface area contributed by atoms with Crippen molar-refractivity contribution in [3.63, 3.8) is 0 Å². The predicted molar refractivity (Wildman–Crippen MR) is 135 cm³/mol. The molecule has 170 valence electrons. The Bertz CT molecular complexity index is 1320. The summed E-state index contributed by atoms with van der Waals surface area (Å²) in [5.41, 5.74) is 11.5. The number of nitrogens with zero attached hydrogens (tertiary/aromatic N) is 2. The normalized spacial score (nSPS) is 11.0. The van der Waals surface area contributed by atoms with Crippen LogP contribution >= 0.6 is 0 Å². The molecule has 6 nitrogen and oxygen atoms in total. The number of anilines is 1. The predicted octanol–water partition coefficient (Wildman–Crippen LogP) is 4.59. The Balaban J connectivity index is 1.59. The minimum Gasteiger partial charge on any atom is -0.369 e. The lowest BCUT2D eigenvalue weighted by atomic mass is 10.1. The van der Waals surface area contributed by atoms with Gasteiger partial charge in [-0.3, -0.25) is 14.3 Å². The molecular formula is C28H26N4O2. The molecule has 1 aromatic heterocycles. The second-order valence-corrected chi connectivity index (χ2v) is 8.11. The molecule has 0 aliphatic carbocycles. The van der Waals surface area contributed by atoms with Gasteiger partial charge in [0.2, 0.25) is 11.8 Å². The lowest BCUT2D eigenvalue weighted by Gasteiger charge is -2.08. The molecule has 0 fully saturated rings. The van der Waals surface area contributed by atoms with E-state index in [1.54, 1.807) is 30.3 Å². The number of nitrogens with two attached hydrogens (primary N) is 1. The van der Waals surface area contributed by atoms with Crippen LogP contribution in [0.1, 0.15) is 22.3 Å². The topological polar surface area (TPSA) is 90.0 Å². The number of hydrogen-bond acceptors (Lipinski definition) is 3. The Hall–Kier alpha value is -4.45. The molecule has 0 radical (unpaired) electrons. The number of hydrogen-bond donors (Lipinski definition) is 2. The van der Waals surface area contributed by atoms with Crippen LogP contribution in [-0.4, -0.2) is 21.6 Å². The Kier molecular flexibility index (Phi) is 6.98. The van der Waals surface area contributed by atoms with Gasteiger partial charge in [0.15, 0.2) is 0 Å². The van der Waals surface area contributed by atoms with Gasteiger partial charge < -0.3 is 11.1 Å². The summed E-state index contributed by atoms with van der Waals surface area (Å²) in [4.78, 5) is 24.0. The van der Waals surface area contributed by atoms with Crippen molar-refractivity contribution in [3.8, 4) is 11.3 Å². The molecular weight excluding hydrogens is 424 g/mol. The first-order chi connectivity index (χ1) is 16.5. The zero-order valence-corrected chi connectivity index (χ0v) is 18.9. The quantitative estimate of drug-likeness (QED) is 0.385. The molecule has 0 atom stereocenters. The smallest absolute Gasteiger partial charge is 0.248 e. The number of nitrogens with one attached hydrogen (secondary N) is 1. The summed E-state index contributed by atoms with van der Waals surface area (Å²) in [7, 11) is 0. The zero-order chi connectivity index (χ0) is 23.9. The highest BCUT2D eigenvalue weighted by molar-refractivity contribution is 6.03. The highest BCUT2D eigenvalue weighted by atomic mass is 16.1. The molecule has 0 aliphatic rings. The third kappa shape index (κ3) is 5.86. The number of benzene rings is 3. The van der Waals surface area contributed by atoms with Crippen molar-refractivity contribution >= 4 is 23.6 Å². The summed E-state index contributed by atoms with van der Waals surface area (Å²) in [6.07, 6.45) is 5.23. The number of rotatable bonds is 8. The van der Waals surface area contributed by atoms with Gasteiger partial charge in [-0.25, -0.2) is 0 Å². The molecule has 0 bridgehead atoms. The molecule has 2 amide bonds. The molecule has 0 spiro atoms. The van der Waals surface area contributed by atoms with Crippen LogP contribution in [0.2, 0.25) is 0 Å². The average molecular weight is 451 g/mol. The van der Waals surface area contributed by atoms with Crippen molar-refractivity contribution in [1.29, 1.82) is 0 Å². The molecule has 4 aromatic rings. The lowest BCUT2D eigenvalue weighted by molar-refractivity contribution is -0.117. The first-order valence-electron chi connectivity index (χ1n) is 11.0. The average Bonchev–Trinajstić information content (AvgIpc) is 3.22. The van der Waals surface area contributed by atoms with E-state index < -0.39 is 5.91 Å². The van der Waals surface area contributed by atoms with Crippen molar-refractivity contribution < 1.29 is 9.59 Å². The molecule has 34 heavy (non-hydrogen) atoms. The largest absolute Gasteiger partial charge is 0.369 e. The van der Waals surface area contributed by atoms with Crippen LogP contribution in [0, 0.1) is 6.92 Å². The van der Waals surface area contributed by atoms with E-state index in [2.05, 4.69) is 17.4 Å². The summed E-state index contributed by atoms with van der Waals surface area (Å²) in [5, 5.41) is 7.64. The molecule has 3 N–H and O–H groups in total. The summed E-state index contributed by atoms with van der Waals surface area (Å²) >= 11 is 0. The Morgan fingerprint density at radius 1 is 0.971 bits per heavy atom. The third-order valence-electron chi connectivity index (χ3n) is 5.36. The van der Waals surface area contributed by atoms with Gasteiger partial charge in [0.25, 0.3) is 0 Å². The fourth-order valence-corrected chi connectivity index (χ4v) is 3.67. The summed E-state index contributed by atoms with van der Waals surface area (Å²) < 4.78 is 1.88. The monoisotopic (exact) mass is 450 g/mol. The minimum absolute atomic E-state index is 0.0595. The van der Waals surface area contributed by atoms with E-state index in [0.29, 0.717) is 17.8 Å². The number of amides is 2. The van der Waals surface area contributed by atoms with Crippen LogP contribution in [0.4, 0.5) is 5.69 Å². The van der Waals surface area contributed by atoms with Crippen molar-refractivity contribution in [1.82, 2.24) is 9.78 Å². The Labute approximate surface area is 198 Å². The maximum atomic E-state index is 12.7. The van der Waals surface area contributed by atoms with Crippen LogP contribution in [0.25, 0.3) is 17.3 Å². The van der Waals surface area contributed by atoms with Crippen LogP contribution in [-0.2, 0) is 22.6 Å². The van der Waals surface area contributed by atoms with E-state index in [-0.39, 0.29) is 12.3 Å². The van der Waals surface area contributed by atoms with Gasteiger partial charge >= 0.3 is 0 Å². The molecule has 4 rings (SSSR count). The molecule has 0 saturated heterocycles. The number of para-hydroxylation sites is 1. The SMILES string of the molecule is Cc1ccc(-c2nn(Cc3ccccc3)cc2/C=C/C(=O)Nc2ccccc2CC(N)=O)cc1. The molecule has 0 saturated carbocycles. The number of primary amides is 1.